The lowest BCUT2D eigenvalue weighted by Crippen LogP contribution is -2.21. The number of anilines is 2. The van der Waals surface area contributed by atoms with Gasteiger partial charge in [0.15, 0.2) is 0 Å². The van der Waals surface area contributed by atoms with Gasteiger partial charge in [-0.3, -0.25) is 4.79 Å². The number of halogens is 2. The summed E-state index contributed by atoms with van der Waals surface area (Å²) < 4.78 is 29.1. The molecule has 25 heavy (non-hydrogen) atoms. The Kier molecular flexibility index (Phi) is 6.76. The molecular weight excluding hydrogens is 350 g/mol. The largest absolute Gasteiger partial charge is 0.465 e. The van der Waals surface area contributed by atoms with Gasteiger partial charge in [0.2, 0.25) is 5.91 Å². The van der Waals surface area contributed by atoms with Crippen molar-refractivity contribution in [1.29, 1.82) is 0 Å². The van der Waals surface area contributed by atoms with Crippen LogP contribution in [0.5, 0.6) is 0 Å². The van der Waals surface area contributed by atoms with Crippen LogP contribution in [0.2, 0.25) is 0 Å². The van der Waals surface area contributed by atoms with Crippen molar-refractivity contribution in [3.8, 4) is 0 Å². The number of amides is 1. The van der Waals surface area contributed by atoms with Crippen LogP contribution < -0.4 is 10.6 Å². The predicted octanol–water partition coefficient (Wildman–Crippen LogP) is 3.84. The van der Waals surface area contributed by atoms with Gasteiger partial charge >= 0.3 is 5.97 Å². The Hall–Kier alpha value is -2.61. The number of carbonyl (C=O) groups excluding carboxylic acids is 2. The minimum Gasteiger partial charge on any atom is -0.465 e. The summed E-state index contributed by atoms with van der Waals surface area (Å²) in [4.78, 5) is 23.8. The van der Waals surface area contributed by atoms with E-state index in [0.717, 1.165) is 0 Å². The minimum absolute atomic E-state index is 0.0157. The number of nitrogens with one attached hydrogen (secondary N) is 2. The van der Waals surface area contributed by atoms with E-state index in [9.17, 15) is 18.4 Å². The highest BCUT2D eigenvalue weighted by Crippen LogP contribution is 2.26. The molecule has 0 atom stereocenters. The molecule has 2 N–H and O–H groups in total. The molecule has 0 saturated heterocycles. The highest BCUT2D eigenvalue weighted by molar-refractivity contribution is 7.99. The second-order valence-electron chi connectivity index (χ2n) is 4.88. The molecule has 2 rings (SSSR count). The van der Waals surface area contributed by atoms with Gasteiger partial charge in [-0.05, 0) is 42.5 Å². The van der Waals surface area contributed by atoms with Crippen LogP contribution in [0.15, 0.2) is 53.4 Å². The Morgan fingerprint density at radius 1 is 1.12 bits per heavy atom. The topological polar surface area (TPSA) is 67.4 Å². The molecule has 0 spiro atoms. The zero-order chi connectivity index (χ0) is 18.2. The monoisotopic (exact) mass is 366 g/mol. The zero-order valence-corrected chi connectivity index (χ0v) is 14.1. The molecular formula is C17H16F2N2O3S. The van der Waals surface area contributed by atoms with Gasteiger partial charge in [0.1, 0.15) is 0 Å². The minimum atomic E-state index is -2.48. The van der Waals surface area contributed by atoms with Crippen molar-refractivity contribution in [3.05, 3.63) is 54.1 Å². The van der Waals surface area contributed by atoms with E-state index in [-0.39, 0.29) is 12.5 Å². The fourth-order valence-electron chi connectivity index (χ4n) is 1.98. The van der Waals surface area contributed by atoms with Gasteiger partial charge in [0, 0.05) is 16.3 Å². The summed E-state index contributed by atoms with van der Waals surface area (Å²) in [7, 11) is 1.29. The maximum atomic E-state index is 12.2. The number of hydrogen-bond acceptors (Lipinski definition) is 5. The molecule has 0 radical (unpaired) electrons. The molecule has 0 saturated carbocycles. The third-order valence-electron chi connectivity index (χ3n) is 3.10. The van der Waals surface area contributed by atoms with Crippen molar-refractivity contribution in [1.82, 2.24) is 0 Å². The van der Waals surface area contributed by atoms with Gasteiger partial charge in [0.05, 0.1) is 19.2 Å². The van der Waals surface area contributed by atoms with Gasteiger partial charge in [-0.2, -0.15) is 8.78 Å². The first-order chi connectivity index (χ1) is 12.0. The Morgan fingerprint density at radius 2 is 1.84 bits per heavy atom. The molecule has 5 nitrogen and oxygen atoms in total. The van der Waals surface area contributed by atoms with Gasteiger partial charge in [-0.25, -0.2) is 4.79 Å². The fraction of sp³-hybridized carbons (Fsp3) is 0.176. The Morgan fingerprint density at radius 3 is 2.48 bits per heavy atom. The average Bonchev–Trinajstić information content (AvgIpc) is 2.61. The zero-order valence-electron chi connectivity index (χ0n) is 13.3. The molecule has 0 aliphatic rings. The molecule has 1 amide bonds. The van der Waals surface area contributed by atoms with Crippen LogP contribution in [0.3, 0.4) is 0 Å². The first-order valence-electron chi connectivity index (χ1n) is 7.25. The van der Waals surface area contributed by atoms with Crippen molar-refractivity contribution >= 4 is 35.0 Å². The third-order valence-corrected chi connectivity index (χ3v) is 3.82. The van der Waals surface area contributed by atoms with Crippen LogP contribution >= 0.6 is 11.8 Å². The van der Waals surface area contributed by atoms with E-state index in [4.69, 9.17) is 0 Å². The summed E-state index contributed by atoms with van der Waals surface area (Å²) in [6, 6.07) is 12.7. The van der Waals surface area contributed by atoms with E-state index in [1.54, 1.807) is 36.4 Å². The van der Waals surface area contributed by atoms with Crippen LogP contribution in [-0.2, 0) is 9.53 Å². The van der Waals surface area contributed by atoms with E-state index < -0.39 is 11.7 Å². The van der Waals surface area contributed by atoms with Gasteiger partial charge in [0.25, 0.3) is 5.76 Å². The standard InChI is InChI=1S/C17H16F2N2O3S/c1-24-16(23)11-3-2-4-13(9-11)20-10-15(22)21-12-5-7-14(8-6-12)25-17(18)19/h2-9,17,20H,10H2,1H3,(H,21,22). The Balaban J connectivity index is 1.87. The van der Waals surface area contributed by atoms with Gasteiger partial charge in [-0.1, -0.05) is 17.8 Å². The molecule has 0 heterocycles. The molecule has 0 unspecified atom stereocenters. The number of benzene rings is 2. The van der Waals surface area contributed by atoms with Crippen molar-refractivity contribution in [3.63, 3.8) is 0 Å². The molecule has 0 aromatic heterocycles. The van der Waals surface area contributed by atoms with Crippen molar-refractivity contribution in [2.75, 3.05) is 24.3 Å². The number of hydrogen-bond donors (Lipinski definition) is 2. The number of methoxy groups -OCH3 is 1. The first kappa shape index (κ1) is 18.7. The number of thioether (sulfide) groups is 1. The summed E-state index contributed by atoms with van der Waals surface area (Å²) in [6.07, 6.45) is 0. The summed E-state index contributed by atoms with van der Waals surface area (Å²) in [5.74, 6) is -3.25. The Labute approximate surface area is 147 Å². The van der Waals surface area contributed by atoms with Crippen LogP contribution in [0.1, 0.15) is 10.4 Å². The molecule has 0 aliphatic heterocycles. The lowest BCUT2D eigenvalue weighted by Gasteiger charge is -2.09. The summed E-state index contributed by atoms with van der Waals surface area (Å²) in [5, 5.41) is 5.55. The lowest BCUT2D eigenvalue weighted by molar-refractivity contribution is -0.114. The first-order valence-corrected chi connectivity index (χ1v) is 8.13. The summed E-state index contributed by atoms with van der Waals surface area (Å²) in [6.45, 7) is -0.0157. The maximum Gasteiger partial charge on any atom is 0.337 e. The summed E-state index contributed by atoms with van der Waals surface area (Å²) >= 11 is 0.443. The Bertz CT molecular complexity index is 739. The van der Waals surface area contributed by atoms with Gasteiger partial charge in [-0.15, -0.1) is 0 Å². The van der Waals surface area contributed by atoms with Crippen LogP contribution in [0, 0.1) is 0 Å². The normalized spacial score (nSPS) is 10.4. The second kappa shape index (κ2) is 9.03. The van der Waals surface area contributed by atoms with E-state index >= 15 is 0 Å². The van der Waals surface area contributed by atoms with Crippen LogP contribution in [0.25, 0.3) is 0 Å². The smallest absolute Gasteiger partial charge is 0.337 e. The molecule has 0 bridgehead atoms. The highest BCUT2D eigenvalue weighted by Gasteiger charge is 2.08. The van der Waals surface area contributed by atoms with Crippen molar-refractivity contribution in [2.45, 2.75) is 10.7 Å². The van der Waals surface area contributed by atoms with Gasteiger partial charge < -0.3 is 15.4 Å². The quantitative estimate of drug-likeness (QED) is 0.576. The van der Waals surface area contributed by atoms with Crippen molar-refractivity contribution in [2.24, 2.45) is 0 Å². The van der Waals surface area contributed by atoms with E-state index in [1.165, 1.54) is 19.2 Å². The molecule has 2 aromatic carbocycles. The number of alkyl halides is 2. The highest BCUT2D eigenvalue weighted by atomic mass is 32.2. The lowest BCUT2D eigenvalue weighted by atomic mass is 10.2. The molecule has 132 valence electrons. The molecule has 8 heteroatoms. The number of ether oxygens (including phenoxy) is 1. The van der Waals surface area contributed by atoms with Crippen molar-refractivity contribution < 1.29 is 23.1 Å². The predicted molar refractivity (Wildman–Crippen MR) is 93.2 cm³/mol. The average molecular weight is 366 g/mol. The SMILES string of the molecule is COC(=O)c1cccc(NCC(=O)Nc2ccc(SC(F)F)cc2)c1. The third kappa shape index (κ3) is 6.07. The number of rotatable bonds is 7. The van der Waals surface area contributed by atoms with Crippen LogP contribution in [-0.4, -0.2) is 31.3 Å². The van der Waals surface area contributed by atoms with E-state index in [1.807, 2.05) is 0 Å². The molecule has 0 fully saturated rings. The fourth-order valence-corrected chi connectivity index (χ4v) is 2.48. The van der Waals surface area contributed by atoms with E-state index in [2.05, 4.69) is 15.4 Å². The number of carbonyl (C=O) groups is 2. The number of esters is 1. The molecule has 2 aromatic rings. The van der Waals surface area contributed by atoms with Crippen LogP contribution in [0.4, 0.5) is 20.2 Å². The summed E-state index contributed by atoms with van der Waals surface area (Å²) in [5.41, 5.74) is 1.48. The maximum absolute atomic E-state index is 12.2. The second-order valence-corrected chi connectivity index (χ2v) is 5.94. The molecule has 0 aliphatic carbocycles. The van der Waals surface area contributed by atoms with E-state index in [0.29, 0.717) is 33.6 Å².